The van der Waals surface area contributed by atoms with Gasteiger partial charge in [0.1, 0.15) is 0 Å². The zero-order chi connectivity index (χ0) is 13.1. The highest BCUT2D eigenvalue weighted by molar-refractivity contribution is 6.33. The van der Waals surface area contributed by atoms with E-state index in [1.165, 1.54) is 6.42 Å². The highest BCUT2D eigenvalue weighted by Crippen LogP contribution is 2.39. The van der Waals surface area contributed by atoms with E-state index in [2.05, 4.69) is 0 Å². The number of carboxylic acid groups (broad SMARTS) is 1. The maximum Gasteiger partial charge on any atom is 0.311 e. The van der Waals surface area contributed by atoms with Gasteiger partial charge in [-0.3, -0.25) is 4.79 Å². The lowest BCUT2D eigenvalue weighted by atomic mass is 9.76. The Morgan fingerprint density at radius 3 is 2.61 bits per heavy atom. The van der Waals surface area contributed by atoms with E-state index in [1.54, 1.807) is 18.2 Å². The molecule has 0 heterocycles. The molecule has 1 aromatic carbocycles. The number of aliphatic carboxylic acids is 1. The molecular formula is C14H18ClNO2. The van der Waals surface area contributed by atoms with E-state index in [1.807, 2.05) is 0 Å². The summed E-state index contributed by atoms with van der Waals surface area (Å²) in [6, 6.07) is 5.25. The largest absolute Gasteiger partial charge is 0.481 e. The van der Waals surface area contributed by atoms with Crippen molar-refractivity contribution < 1.29 is 9.90 Å². The number of anilines is 1. The van der Waals surface area contributed by atoms with Crippen molar-refractivity contribution in [2.24, 2.45) is 5.92 Å². The zero-order valence-corrected chi connectivity index (χ0v) is 11.0. The predicted molar refractivity (Wildman–Crippen MR) is 72.8 cm³/mol. The molecular weight excluding hydrogens is 250 g/mol. The summed E-state index contributed by atoms with van der Waals surface area (Å²) >= 11 is 5.98. The topological polar surface area (TPSA) is 63.3 Å². The van der Waals surface area contributed by atoms with Gasteiger partial charge in [-0.1, -0.05) is 43.0 Å². The molecule has 3 N–H and O–H groups in total. The van der Waals surface area contributed by atoms with Crippen LogP contribution in [0.4, 0.5) is 5.69 Å². The van der Waals surface area contributed by atoms with Crippen LogP contribution >= 0.6 is 11.6 Å². The minimum Gasteiger partial charge on any atom is -0.481 e. The summed E-state index contributed by atoms with van der Waals surface area (Å²) in [6.45, 7) is 0. The molecule has 0 radical (unpaired) electrons. The zero-order valence-electron chi connectivity index (χ0n) is 10.2. The first kappa shape index (κ1) is 13.2. The number of carboxylic acids is 1. The highest BCUT2D eigenvalue weighted by Gasteiger charge is 2.32. The Labute approximate surface area is 112 Å². The van der Waals surface area contributed by atoms with Crippen molar-refractivity contribution in [3.8, 4) is 0 Å². The maximum absolute atomic E-state index is 11.6. The Morgan fingerprint density at radius 1 is 1.33 bits per heavy atom. The Morgan fingerprint density at radius 2 is 2.00 bits per heavy atom. The van der Waals surface area contributed by atoms with Gasteiger partial charge in [-0.15, -0.1) is 0 Å². The van der Waals surface area contributed by atoms with Crippen LogP contribution in [0.15, 0.2) is 18.2 Å². The monoisotopic (exact) mass is 267 g/mol. The van der Waals surface area contributed by atoms with Crippen LogP contribution in [-0.4, -0.2) is 11.1 Å². The lowest BCUT2D eigenvalue weighted by molar-refractivity contribution is -0.140. The molecule has 1 unspecified atom stereocenters. The normalized spacial score (nSPS) is 18.5. The summed E-state index contributed by atoms with van der Waals surface area (Å²) in [7, 11) is 0. The Kier molecular flexibility index (Phi) is 4.12. The average molecular weight is 268 g/mol. The van der Waals surface area contributed by atoms with Crippen LogP contribution in [-0.2, 0) is 4.79 Å². The van der Waals surface area contributed by atoms with Crippen molar-refractivity contribution in [3.63, 3.8) is 0 Å². The van der Waals surface area contributed by atoms with Crippen molar-refractivity contribution in [2.75, 3.05) is 5.73 Å². The number of nitrogen functional groups attached to an aromatic ring is 1. The predicted octanol–water partition coefficient (Wildman–Crippen LogP) is 3.67. The molecule has 2 rings (SSSR count). The molecule has 3 nitrogen and oxygen atoms in total. The summed E-state index contributed by atoms with van der Waals surface area (Å²) < 4.78 is 0. The first-order valence-corrected chi connectivity index (χ1v) is 6.75. The minimum absolute atomic E-state index is 0.178. The van der Waals surface area contributed by atoms with E-state index in [9.17, 15) is 9.90 Å². The third-order valence-corrected chi connectivity index (χ3v) is 4.14. The van der Waals surface area contributed by atoms with Crippen molar-refractivity contribution >= 4 is 23.3 Å². The lowest BCUT2D eigenvalue weighted by Crippen LogP contribution is -2.24. The first-order chi connectivity index (χ1) is 8.61. The maximum atomic E-state index is 11.6. The van der Waals surface area contributed by atoms with E-state index >= 15 is 0 Å². The number of hydrogen-bond donors (Lipinski definition) is 2. The molecule has 4 heteroatoms. The fourth-order valence-corrected chi connectivity index (χ4v) is 3.06. The van der Waals surface area contributed by atoms with E-state index in [4.69, 9.17) is 17.3 Å². The van der Waals surface area contributed by atoms with Gasteiger partial charge in [0.2, 0.25) is 0 Å². The van der Waals surface area contributed by atoms with Crippen molar-refractivity contribution in [1.82, 2.24) is 0 Å². The van der Waals surface area contributed by atoms with Gasteiger partial charge in [0.25, 0.3) is 0 Å². The molecule has 1 aromatic rings. The quantitative estimate of drug-likeness (QED) is 0.822. The van der Waals surface area contributed by atoms with Gasteiger partial charge < -0.3 is 10.8 Å². The fourth-order valence-electron chi connectivity index (χ4n) is 2.88. The molecule has 98 valence electrons. The number of rotatable bonds is 3. The van der Waals surface area contributed by atoms with Crippen LogP contribution < -0.4 is 5.73 Å². The number of hydrogen-bond acceptors (Lipinski definition) is 2. The summed E-state index contributed by atoms with van der Waals surface area (Å²) in [5, 5.41) is 9.94. The van der Waals surface area contributed by atoms with Gasteiger partial charge in [0.15, 0.2) is 0 Å². The van der Waals surface area contributed by atoms with Crippen molar-refractivity contribution in [2.45, 2.75) is 38.0 Å². The van der Waals surface area contributed by atoms with E-state index in [-0.39, 0.29) is 5.92 Å². The number of halogens is 1. The summed E-state index contributed by atoms with van der Waals surface area (Å²) in [6.07, 6.45) is 5.34. The van der Waals surface area contributed by atoms with Crippen LogP contribution in [0.1, 0.15) is 43.6 Å². The van der Waals surface area contributed by atoms with Gasteiger partial charge >= 0.3 is 5.97 Å². The Hall–Kier alpha value is -1.22. The molecule has 0 saturated heterocycles. The third kappa shape index (κ3) is 2.61. The van der Waals surface area contributed by atoms with Gasteiger partial charge in [-0.2, -0.15) is 0 Å². The van der Waals surface area contributed by atoms with Crippen LogP contribution in [0.2, 0.25) is 5.02 Å². The molecule has 0 bridgehead atoms. The van der Waals surface area contributed by atoms with Crippen molar-refractivity contribution in [3.05, 3.63) is 28.8 Å². The van der Waals surface area contributed by atoms with Gasteiger partial charge in [0, 0.05) is 0 Å². The van der Waals surface area contributed by atoms with Gasteiger partial charge in [-0.05, 0) is 30.4 Å². The molecule has 0 aliphatic heterocycles. The second-order valence-electron chi connectivity index (χ2n) is 4.96. The number of para-hydroxylation sites is 1. The Balaban J connectivity index is 2.34. The minimum atomic E-state index is -0.795. The second kappa shape index (κ2) is 5.61. The van der Waals surface area contributed by atoms with Crippen molar-refractivity contribution in [1.29, 1.82) is 0 Å². The van der Waals surface area contributed by atoms with E-state index in [0.29, 0.717) is 16.3 Å². The molecule has 1 saturated carbocycles. The lowest BCUT2D eigenvalue weighted by Gasteiger charge is -2.28. The third-order valence-electron chi connectivity index (χ3n) is 3.81. The summed E-state index contributed by atoms with van der Waals surface area (Å²) in [5.74, 6) is -1.14. The smallest absolute Gasteiger partial charge is 0.311 e. The molecule has 1 atom stereocenters. The fraction of sp³-hybridized carbons (Fsp3) is 0.500. The van der Waals surface area contributed by atoms with E-state index < -0.39 is 11.9 Å². The second-order valence-corrected chi connectivity index (χ2v) is 5.36. The molecule has 1 aliphatic rings. The summed E-state index contributed by atoms with van der Waals surface area (Å²) in [5.41, 5.74) is 7.02. The van der Waals surface area contributed by atoms with Gasteiger partial charge in [0.05, 0.1) is 16.6 Å². The number of carbonyl (C=O) groups is 1. The van der Waals surface area contributed by atoms with Crippen LogP contribution in [0, 0.1) is 5.92 Å². The summed E-state index contributed by atoms with van der Waals surface area (Å²) in [4.78, 5) is 11.6. The number of nitrogens with two attached hydrogens (primary N) is 1. The Bertz CT molecular complexity index is 441. The SMILES string of the molecule is Nc1c(Cl)cccc1C(C(=O)O)C1CCCCC1. The highest BCUT2D eigenvalue weighted by atomic mass is 35.5. The molecule has 0 aromatic heterocycles. The standard InChI is InChI=1S/C14H18ClNO2/c15-11-8-4-7-10(13(11)16)12(14(17)18)9-5-2-1-3-6-9/h4,7-9,12H,1-3,5-6,16H2,(H,17,18). The first-order valence-electron chi connectivity index (χ1n) is 6.38. The van der Waals surface area contributed by atoms with Gasteiger partial charge in [-0.25, -0.2) is 0 Å². The molecule has 1 fully saturated rings. The molecule has 0 amide bonds. The molecule has 0 spiro atoms. The average Bonchev–Trinajstić information content (AvgIpc) is 2.36. The van der Waals surface area contributed by atoms with Crippen LogP contribution in [0.25, 0.3) is 0 Å². The molecule has 18 heavy (non-hydrogen) atoms. The van der Waals surface area contributed by atoms with E-state index in [0.717, 1.165) is 25.7 Å². The number of benzene rings is 1. The van der Waals surface area contributed by atoms with Crippen LogP contribution in [0.3, 0.4) is 0 Å². The molecule has 1 aliphatic carbocycles. The van der Waals surface area contributed by atoms with Crippen LogP contribution in [0.5, 0.6) is 0 Å².